The van der Waals surface area contributed by atoms with Crippen LogP contribution in [0.3, 0.4) is 0 Å². The van der Waals surface area contributed by atoms with E-state index in [0.29, 0.717) is 0 Å². The highest BCUT2D eigenvalue weighted by Gasteiger charge is 2.05. The molecule has 2 N–H and O–H groups in total. The van der Waals surface area contributed by atoms with Crippen LogP contribution < -0.4 is 5.32 Å². The van der Waals surface area contributed by atoms with E-state index in [1.165, 1.54) is 0 Å². The zero-order valence-corrected chi connectivity index (χ0v) is 11.8. The van der Waals surface area contributed by atoms with Crippen LogP contribution in [-0.4, -0.2) is 20.2 Å². The van der Waals surface area contributed by atoms with Gasteiger partial charge in [0.25, 0.3) is 0 Å². The predicted molar refractivity (Wildman–Crippen MR) is 84.7 cm³/mol. The van der Waals surface area contributed by atoms with Gasteiger partial charge in [0.1, 0.15) is 0 Å². The smallest absolute Gasteiger partial charge is 0.187 e. The van der Waals surface area contributed by atoms with Crippen LogP contribution in [0, 0.1) is 0 Å². The van der Waals surface area contributed by atoms with Gasteiger partial charge in [-0.3, -0.25) is 10.1 Å². The Bertz CT molecular complexity index is 881. The first-order chi connectivity index (χ1) is 10.4. The van der Waals surface area contributed by atoms with Crippen molar-refractivity contribution in [3.63, 3.8) is 0 Å². The molecule has 0 aliphatic heterocycles. The van der Waals surface area contributed by atoms with Crippen LogP contribution in [0.25, 0.3) is 22.2 Å². The maximum Gasteiger partial charge on any atom is 0.187 e. The van der Waals surface area contributed by atoms with Crippen LogP contribution in [0.2, 0.25) is 0 Å². The van der Waals surface area contributed by atoms with E-state index in [1.807, 2.05) is 41.9 Å². The standard InChI is InChI=1S/C15H11N5S/c1-2-13-11(8-17-20-13)7-12(1)18-15-19-14(9-21-15)10-3-5-16-6-4-10/h1-9H,(H,17,20)(H,18,19). The maximum absolute atomic E-state index is 4.60. The first kappa shape index (κ1) is 12.0. The molecule has 0 saturated carbocycles. The molecule has 0 aliphatic rings. The van der Waals surface area contributed by atoms with Gasteiger partial charge in [-0.15, -0.1) is 11.3 Å². The molecule has 102 valence electrons. The van der Waals surface area contributed by atoms with Gasteiger partial charge < -0.3 is 5.32 Å². The summed E-state index contributed by atoms with van der Waals surface area (Å²) in [5, 5.41) is 14.3. The monoisotopic (exact) mass is 293 g/mol. The molecule has 5 nitrogen and oxygen atoms in total. The van der Waals surface area contributed by atoms with Crippen molar-refractivity contribution in [3.05, 3.63) is 54.3 Å². The third kappa shape index (κ3) is 2.36. The largest absolute Gasteiger partial charge is 0.332 e. The molecule has 4 rings (SSSR count). The molecule has 4 aromatic rings. The third-order valence-electron chi connectivity index (χ3n) is 3.17. The topological polar surface area (TPSA) is 66.5 Å². The van der Waals surface area contributed by atoms with Crippen LogP contribution in [-0.2, 0) is 0 Å². The molecule has 0 spiro atoms. The Morgan fingerprint density at radius 3 is 2.90 bits per heavy atom. The lowest BCUT2D eigenvalue weighted by molar-refractivity contribution is 1.12. The van der Waals surface area contributed by atoms with E-state index in [0.717, 1.165) is 33.0 Å². The van der Waals surface area contributed by atoms with E-state index < -0.39 is 0 Å². The highest BCUT2D eigenvalue weighted by molar-refractivity contribution is 7.14. The van der Waals surface area contributed by atoms with Crippen molar-refractivity contribution < 1.29 is 0 Å². The number of fused-ring (bicyclic) bond motifs is 1. The number of rotatable bonds is 3. The van der Waals surface area contributed by atoms with Crippen molar-refractivity contribution in [2.45, 2.75) is 0 Å². The summed E-state index contributed by atoms with van der Waals surface area (Å²) in [6, 6.07) is 9.97. The second-order valence-corrected chi connectivity index (χ2v) is 5.43. The summed E-state index contributed by atoms with van der Waals surface area (Å²) in [6.45, 7) is 0. The Balaban J connectivity index is 1.61. The van der Waals surface area contributed by atoms with Crippen molar-refractivity contribution in [1.29, 1.82) is 0 Å². The van der Waals surface area contributed by atoms with Gasteiger partial charge in [0, 0.05) is 34.4 Å². The number of thiazole rings is 1. The number of H-pyrrole nitrogens is 1. The molecule has 0 radical (unpaired) electrons. The van der Waals surface area contributed by atoms with Gasteiger partial charge in [-0.1, -0.05) is 0 Å². The summed E-state index contributed by atoms with van der Waals surface area (Å²) < 4.78 is 0. The van der Waals surface area contributed by atoms with Crippen LogP contribution in [0.1, 0.15) is 0 Å². The predicted octanol–water partition coefficient (Wildman–Crippen LogP) is 3.83. The molecule has 0 aliphatic carbocycles. The fourth-order valence-corrected chi connectivity index (χ4v) is 2.87. The molecule has 6 heteroatoms. The fraction of sp³-hybridized carbons (Fsp3) is 0. The second-order valence-electron chi connectivity index (χ2n) is 4.57. The molecule has 0 amide bonds. The van der Waals surface area contributed by atoms with Gasteiger partial charge in [0.2, 0.25) is 0 Å². The Morgan fingerprint density at radius 1 is 1.10 bits per heavy atom. The summed E-state index contributed by atoms with van der Waals surface area (Å²) in [6.07, 6.45) is 5.36. The van der Waals surface area contributed by atoms with Crippen molar-refractivity contribution in [1.82, 2.24) is 20.2 Å². The zero-order chi connectivity index (χ0) is 14.1. The minimum Gasteiger partial charge on any atom is -0.332 e. The van der Waals surface area contributed by atoms with E-state index in [4.69, 9.17) is 0 Å². The van der Waals surface area contributed by atoms with Gasteiger partial charge in [-0.2, -0.15) is 5.10 Å². The molecular weight excluding hydrogens is 282 g/mol. The van der Waals surface area contributed by atoms with Gasteiger partial charge in [-0.05, 0) is 30.3 Å². The average molecular weight is 293 g/mol. The summed E-state index contributed by atoms with van der Waals surface area (Å²) >= 11 is 1.58. The normalized spacial score (nSPS) is 10.9. The van der Waals surface area contributed by atoms with Crippen LogP contribution in [0.5, 0.6) is 0 Å². The van der Waals surface area contributed by atoms with Gasteiger partial charge in [0.15, 0.2) is 5.13 Å². The van der Waals surface area contributed by atoms with Gasteiger partial charge >= 0.3 is 0 Å². The van der Waals surface area contributed by atoms with Crippen molar-refractivity contribution >= 4 is 33.1 Å². The molecule has 0 atom stereocenters. The molecule has 0 bridgehead atoms. The SMILES string of the molecule is c1cc(-c2csc(Nc3ccc4[nH]ncc4c3)n2)ccn1. The van der Waals surface area contributed by atoms with Gasteiger partial charge in [-0.25, -0.2) is 4.98 Å². The number of benzene rings is 1. The second kappa shape index (κ2) is 4.99. The first-order valence-corrected chi connectivity index (χ1v) is 7.32. The van der Waals surface area contributed by atoms with E-state index in [-0.39, 0.29) is 0 Å². The molecule has 0 fully saturated rings. The average Bonchev–Trinajstić information content (AvgIpc) is 3.17. The lowest BCUT2D eigenvalue weighted by atomic mass is 10.2. The minimum atomic E-state index is 0.865. The van der Waals surface area contributed by atoms with Crippen LogP contribution >= 0.6 is 11.3 Å². The van der Waals surface area contributed by atoms with Crippen LogP contribution in [0.15, 0.2) is 54.3 Å². The highest BCUT2D eigenvalue weighted by Crippen LogP contribution is 2.27. The Morgan fingerprint density at radius 2 is 2.00 bits per heavy atom. The number of nitrogens with zero attached hydrogens (tertiary/aromatic N) is 3. The van der Waals surface area contributed by atoms with E-state index in [2.05, 4.69) is 25.5 Å². The zero-order valence-electron chi connectivity index (χ0n) is 10.9. The number of aromatic nitrogens is 4. The summed E-state index contributed by atoms with van der Waals surface area (Å²) in [7, 11) is 0. The van der Waals surface area contributed by atoms with E-state index >= 15 is 0 Å². The fourth-order valence-electron chi connectivity index (χ4n) is 2.13. The molecule has 1 aromatic carbocycles. The summed E-state index contributed by atoms with van der Waals surface area (Å²) in [4.78, 5) is 8.62. The number of aromatic amines is 1. The number of hydrogen-bond acceptors (Lipinski definition) is 5. The molecule has 0 saturated heterocycles. The molecular formula is C15H11N5S. The Kier molecular flexibility index (Phi) is 2.86. The maximum atomic E-state index is 4.60. The number of nitrogens with one attached hydrogen (secondary N) is 2. The summed E-state index contributed by atoms with van der Waals surface area (Å²) in [5.74, 6) is 0. The lowest BCUT2D eigenvalue weighted by Crippen LogP contribution is -1.89. The number of anilines is 2. The molecule has 3 aromatic heterocycles. The van der Waals surface area contributed by atoms with E-state index in [1.54, 1.807) is 23.7 Å². The quantitative estimate of drug-likeness (QED) is 0.602. The molecule has 0 unspecified atom stereocenters. The van der Waals surface area contributed by atoms with Gasteiger partial charge in [0.05, 0.1) is 17.4 Å². The molecule has 21 heavy (non-hydrogen) atoms. The Hall–Kier alpha value is -2.73. The van der Waals surface area contributed by atoms with Crippen molar-refractivity contribution in [2.24, 2.45) is 0 Å². The number of pyridine rings is 1. The van der Waals surface area contributed by atoms with E-state index in [9.17, 15) is 0 Å². The molecule has 3 heterocycles. The van der Waals surface area contributed by atoms with Crippen molar-refractivity contribution in [3.8, 4) is 11.3 Å². The number of hydrogen-bond donors (Lipinski definition) is 2. The highest BCUT2D eigenvalue weighted by atomic mass is 32.1. The van der Waals surface area contributed by atoms with Crippen molar-refractivity contribution in [2.75, 3.05) is 5.32 Å². The summed E-state index contributed by atoms with van der Waals surface area (Å²) in [5.41, 5.74) is 4.05. The third-order valence-corrected chi connectivity index (χ3v) is 3.93. The minimum absolute atomic E-state index is 0.865. The van der Waals surface area contributed by atoms with Crippen LogP contribution in [0.4, 0.5) is 10.8 Å². The lowest BCUT2D eigenvalue weighted by Gasteiger charge is -2.02. The Labute approximate surface area is 124 Å². The first-order valence-electron chi connectivity index (χ1n) is 6.44.